The van der Waals surface area contributed by atoms with Gasteiger partial charge in [-0.05, 0) is 36.4 Å². The van der Waals surface area contributed by atoms with Crippen molar-refractivity contribution in [2.24, 2.45) is 5.73 Å². The number of hydrogen-bond donors (Lipinski definition) is 1. The minimum absolute atomic E-state index is 0.634. The maximum Gasteiger partial charge on any atom is 0.231 e. The lowest BCUT2D eigenvalue weighted by atomic mass is 10.1. The predicted molar refractivity (Wildman–Crippen MR) is 101 cm³/mol. The Labute approximate surface area is 156 Å². The van der Waals surface area contributed by atoms with Crippen LogP contribution in [-0.4, -0.2) is 25.6 Å². The lowest BCUT2D eigenvalue weighted by Crippen LogP contribution is -2.36. The standard InChI is InChI=1S/C20H19N3O4/c1-24-15-6-3-13(4-7-15)19-11-23(20(21)27-19)14-5-8-16(17(9-14)25-2)18-10-22-12-26-18/h3-12,20H,21H2,1-2H3. The number of benzene rings is 2. The molecule has 3 aromatic rings. The van der Waals surface area contributed by atoms with Gasteiger partial charge in [-0.3, -0.25) is 10.6 Å². The van der Waals surface area contributed by atoms with Gasteiger partial charge >= 0.3 is 0 Å². The molecule has 4 rings (SSSR count). The van der Waals surface area contributed by atoms with Gasteiger partial charge in [-0.15, -0.1) is 0 Å². The molecule has 1 aliphatic rings. The Morgan fingerprint density at radius 1 is 1.07 bits per heavy atom. The molecule has 0 amide bonds. The number of rotatable bonds is 5. The van der Waals surface area contributed by atoms with Crippen LogP contribution in [0.1, 0.15) is 5.56 Å². The van der Waals surface area contributed by atoms with Gasteiger partial charge in [-0.2, -0.15) is 0 Å². The second-order valence-corrected chi connectivity index (χ2v) is 5.89. The van der Waals surface area contributed by atoms with Gasteiger partial charge in [-0.1, -0.05) is 0 Å². The van der Waals surface area contributed by atoms with Crippen LogP contribution in [0.2, 0.25) is 0 Å². The van der Waals surface area contributed by atoms with Gasteiger partial charge in [0.1, 0.15) is 17.3 Å². The summed E-state index contributed by atoms with van der Waals surface area (Å²) in [5, 5.41) is 0. The summed E-state index contributed by atoms with van der Waals surface area (Å²) < 4.78 is 21.9. The van der Waals surface area contributed by atoms with E-state index in [9.17, 15) is 0 Å². The number of methoxy groups -OCH3 is 2. The molecule has 1 aromatic heterocycles. The van der Waals surface area contributed by atoms with Gasteiger partial charge in [0.25, 0.3) is 0 Å². The molecule has 0 bridgehead atoms. The van der Waals surface area contributed by atoms with Crippen LogP contribution >= 0.6 is 0 Å². The van der Waals surface area contributed by atoms with E-state index in [1.165, 1.54) is 6.39 Å². The Kier molecular flexibility index (Phi) is 4.43. The summed E-state index contributed by atoms with van der Waals surface area (Å²) in [7, 11) is 3.24. The van der Waals surface area contributed by atoms with Crippen LogP contribution in [0.15, 0.2) is 65.7 Å². The van der Waals surface area contributed by atoms with Crippen LogP contribution in [0.3, 0.4) is 0 Å². The number of oxazole rings is 1. The van der Waals surface area contributed by atoms with Crippen molar-refractivity contribution in [2.45, 2.75) is 6.35 Å². The zero-order valence-electron chi connectivity index (χ0n) is 15.0. The van der Waals surface area contributed by atoms with E-state index in [1.54, 1.807) is 20.4 Å². The Hall–Kier alpha value is -3.45. The topological polar surface area (TPSA) is 83.0 Å². The lowest BCUT2D eigenvalue weighted by molar-refractivity contribution is 0.199. The van der Waals surface area contributed by atoms with Crippen molar-refractivity contribution in [1.29, 1.82) is 0 Å². The van der Waals surface area contributed by atoms with Crippen LogP contribution in [-0.2, 0) is 4.74 Å². The molecule has 7 heteroatoms. The normalized spacial score (nSPS) is 16.0. The third-order valence-corrected chi connectivity index (χ3v) is 4.33. The minimum Gasteiger partial charge on any atom is -0.497 e. The number of nitrogens with zero attached hydrogens (tertiary/aromatic N) is 2. The molecule has 0 fully saturated rings. The van der Waals surface area contributed by atoms with Crippen molar-refractivity contribution in [1.82, 2.24) is 4.98 Å². The molecule has 2 N–H and O–H groups in total. The first-order valence-electron chi connectivity index (χ1n) is 8.33. The molecule has 138 valence electrons. The van der Waals surface area contributed by atoms with Crippen molar-refractivity contribution in [3.63, 3.8) is 0 Å². The SMILES string of the molecule is COc1ccc(C2=CN(c3ccc(-c4cnco4)c(OC)c3)C(N)O2)cc1. The van der Waals surface area contributed by atoms with Crippen molar-refractivity contribution < 1.29 is 18.6 Å². The number of nitrogens with two attached hydrogens (primary N) is 1. The van der Waals surface area contributed by atoms with Gasteiger partial charge in [0.15, 0.2) is 12.2 Å². The van der Waals surface area contributed by atoms with Crippen molar-refractivity contribution in [3.05, 3.63) is 66.8 Å². The summed E-state index contributed by atoms with van der Waals surface area (Å²) in [5.41, 5.74) is 8.74. The number of anilines is 1. The zero-order valence-corrected chi connectivity index (χ0v) is 15.0. The van der Waals surface area contributed by atoms with Crippen molar-refractivity contribution in [2.75, 3.05) is 19.1 Å². The second-order valence-electron chi connectivity index (χ2n) is 5.89. The second kappa shape index (κ2) is 7.05. The molecule has 7 nitrogen and oxygen atoms in total. The molecule has 2 aromatic carbocycles. The molecule has 1 atom stereocenters. The van der Waals surface area contributed by atoms with E-state index in [4.69, 9.17) is 24.4 Å². The quantitative estimate of drug-likeness (QED) is 0.741. The average Bonchev–Trinajstić information content (AvgIpc) is 3.37. The molecule has 0 spiro atoms. The maximum atomic E-state index is 6.18. The summed E-state index contributed by atoms with van der Waals surface area (Å²) in [4.78, 5) is 5.79. The zero-order chi connectivity index (χ0) is 18.8. The summed E-state index contributed by atoms with van der Waals surface area (Å²) in [6, 6.07) is 13.3. The molecular formula is C20H19N3O4. The molecule has 27 heavy (non-hydrogen) atoms. The van der Waals surface area contributed by atoms with Gasteiger partial charge in [0.2, 0.25) is 6.35 Å². The first-order valence-corrected chi connectivity index (χ1v) is 8.33. The summed E-state index contributed by atoms with van der Waals surface area (Å²) >= 11 is 0. The Balaban J connectivity index is 1.65. The third kappa shape index (κ3) is 3.20. The maximum absolute atomic E-state index is 6.18. The van der Waals surface area contributed by atoms with Crippen LogP contribution in [0.4, 0.5) is 5.69 Å². The van der Waals surface area contributed by atoms with Gasteiger partial charge in [-0.25, -0.2) is 4.98 Å². The highest BCUT2D eigenvalue weighted by atomic mass is 16.5. The molecule has 0 radical (unpaired) electrons. The van der Waals surface area contributed by atoms with Gasteiger partial charge in [0, 0.05) is 17.3 Å². The number of hydrogen-bond acceptors (Lipinski definition) is 7. The van der Waals surface area contributed by atoms with Crippen LogP contribution in [0.5, 0.6) is 11.5 Å². The summed E-state index contributed by atoms with van der Waals surface area (Å²) in [6.45, 7) is 0. The van der Waals surface area contributed by atoms with Crippen LogP contribution in [0, 0.1) is 0 Å². The van der Waals surface area contributed by atoms with Gasteiger partial charge < -0.3 is 18.6 Å². The Morgan fingerprint density at radius 3 is 2.56 bits per heavy atom. The summed E-state index contributed by atoms with van der Waals surface area (Å²) in [5.74, 6) is 2.76. The van der Waals surface area contributed by atoms with E-state index in [1.807, 2.05) is 53.6 Å². The monoisotopic (exact) mass is 365 g/mol. The first-order chi connectivity index (χ1) is 13.2. The molecule has 0 saturated carbocycles. The van der Waals surface area contributed by atoms with Crippen LogP contribution < -0.4 is 20.1 Å². The van der Waals surface area contributed by atoms with E-state index >= 15 is 0 Å². The van der Waals surface area contributed by atoms with E-state index in [2.05, 4.69) is 4.98 Å². The smallest absolute Gasteiger partial charge is 0.231 e. The molecule has 1 aliphatic heterocycles. The molecule has 2 heterocycles. The lowest BCUT2D eigenvalue weighted by Gasteiger charge is -2.21. The molecular weight excluding hydrogens is 346 g/mol. The van der Waals surface area contributed by atoms with Crippen molar-refractivity contribution >= 4 is 11.4 Å². The Bertz CT molecular complexity index is 952. The fourth-order valence-electron chi connectivity index (χ4n) is 2.93. The molecule has 0 aliphatic carbocycles. The van der Waals surface area contributed by atoms with Crippen LogP contribution in [0.25, 0.3) is 17.1 Å². The average molecular weight is 365 g/mol. The largest absolute Gasteiger partial charge is 0.497 e. The van der Waals surface area contributed by atoms with Crippen molar-refractivity contribution in [3.8, 4) is 22.8 Å². The molecule has 0 saturated heterocycles. The third-order valence-electron chi connectivity index (χ3n) is 4.33. The summed E-state index contributed by atoms with van der Waals surface area (Å²) in [6.07, 6.45) is 4.26. The highest BCUT2D eigenvalue weighted by molar-refractivity contribution is 5.73. The number of ether oxygens (including phenoxy) is 3. The molecule has 1 unspecified atom stereocenters. The van der Waals surface area contributed by atoms with E-state index < -0.39 is 6.35 Å². The fraction of sp³-hybridized carbons (Fsp3) is 0.150. The van der Waals surface area contributed by atoms with E-state index in [-0.39, 0.29) is 0 Å². The van der Waals surface area contributed by atoms with Gasteiger partial charge in [0.05, 0.1) is 32.2 Å². The van der Waals surface area contributed by atoms with E-state index in [0.717, 1.165) is 22.6 Å². The highest BCUT2D eigenvalue weighted by Crippen LogP contribution is 2.36. The van der Waals surface area contributed by atoms with E-state index in [0.29, 0.717) is 17.3 Å². The fourth-order valence-corrected chi connectivity index (χ4v) is 2.93. The highest BCUT2D eigenvalue weighted by Gasteiger charge is 2.25. The first kappa shape index (κ1) is 17.0. The predicted octanol–water partition coefficient (Wildman–Crippen LogP) is 3.44. The number of aromatic nitrogens is 1. The minimum atomic E-state index is -0.636. The Morgan fingerprint density at radius 2 is 1.89 bits per heavy atom.